The Bertz CT molecular complexity index is 550. The van der Waals surface area contributed by atoms with Crippen LogP contribution in [0, 0.1) is 5.92 Å². The van der Waals surface area contributed by atoms with E-state index >= 15 is 0 Å². The molecule has 0 radical (unpaired) electrons. The Morgan fingerprint density at radius 1 is 1.35 bits per heavy atom. The molecular formula is C15H22N4O. The van der Waals surface area contributed by atoms with Gasteiger partial charge in [-0.25, -0.2) is 0 Å². The molecule has 0 aromatic carbocycles. The van der Waals surface area contributed by atoms with Crippen LogP contribution in [0.15, 0.2) is 23.0 Å². The molecule has 2 N–H and O–H groups in total. The predicted molar refractivity (Wildman–Crippen MR) is 78.2 cm³/mol. The molecule has 5 heteroatoms. The summed E-state index contributed by atoms with van der Waals surface area (Å²) < 4.78 is 5.41. The third-order valence-corrected chi connectivity index (χ3v) is 3.36. The largest absolute Gasteiger partial charge is 0.339 e. The van der Waals surface area contributed by atoms with Crippen molar-refractivity contribution in [2.45, 2.75) is 39.5 Å². The lowest BCUT2D eigenvalue weighted by molar-refractivity contribution is 0.335. The lowest BCUT2D eigenvalue weighted by atomic mass is 9.97. The van der Waals surface area contributed by atoms with Crippen LogP contribution in [-0.2, 0) is 6.42 Å². The third kappa shape index (κ3) is 3.22. The fraction of sp³-hybridized carbons (Fsp3) is 0.533. The summed E-state index contributed by atoms with van der Waals surface area (Å²) in [5, 5.41) is 4.10. The van der Waals surface area contributed by atoms with Gasteiger partial charge in [-0.15, -0.1) is 0 Å². The average Bonchev–Trinajstić information content (AvgIpc) is 2.94. The molecule has 0 bridgehead atoms. The van der Waals surface area contributed by atoms with Crippen molar-refractivity contribution >= 4 is 0 Å². The summed E-state index contributed by atoms with van der Waals surface area (Å²) >= 11 is 0. The molecule has 2 heterocycles. The summed E-state index contributed by atoms with van der Waals surface area (Å²) in [5.41, 5.74) is 7.92. The van der Waals surface area contributed by atoms with E-state index < -0.39 is 0 Å². The lowest BCUT2D eigenvalue weighted by Gasteiger charge is -2.11. The van der Waals surface area contributed by atoms with Gasteiger partial charge in [-0.3, -0.25) is 4.98 Å². The fourth-order valence-corrected chi connectivity index (χ4v) is 2.30. The Morgan fingerprint density at radius 3 is 2.80 bits per heavy atom. The van der Waals surface area contributed by atoms with Crippen molar-refractivity contribution in [3.63, 3.8) is 0 Å². The maximum absolute atomic E-state index is 5.82. The van der Waals surface area contributed by atoms with E-state index in [2.05, 4.69) is 35.9 Å². The summed E-state index contributed by atoms with van der Waals surface area (Å²) in [6.45, 7) is 6.94. The molecule has 0 saturated heterocycles. The van der Waals surface area contributed by atoms with Crippen LogP contribution < -0.4 is 5.73 Å². The second kappa shape index (κ2) is 6.61. The molecule has 2 aromatic rings. The maximum Gasteiger partial charge on any atom is 0.231 e. The van der Waals surface area contributed by atoms with E-state index in [1.807, 2.05) is 12.3 Å². The van der Waals surface area contributed by atoms with Gasteiger partial charge >= 0.3 is 0 Å². The highest BCUT2D eigenvalue weighted by Crippen LogP contribution is 2.25. The van der Waals surface area contributed by atoms with E-state index in [-0.39, 0.29) is 5.92 Å². The fourth-order valence-electron chi connectivity index (χ4n) is 2.30. The van der Waals surface area contributed by atoms with Gasteiger partial charge in [0.2, 0.25) is 11.7 Å². The number of pyridine rings is 1. The average molecular weight is 274 g/mol. The summed E-state index contributed by atoms with van der Waals surface area (Å²) in [7, 11) is 0. The van der Waals surface area contributed by atoms with Gasteiger partial charge in [0.15, 0.2) is 0 Å². The summed E-state index contributed by atoms with van der Waals surface area (Å²) in [6, 6.07) is 1.92. The first-order valence-corrected chi connectivity index (χ1v) is 7.12. The Kier molecular flexibility index (Phi) is 4.84. The molecule has 0 aliphatic heterocycles. The van der Waals surface area contributed by atoms with Crippen molar-refractivity contribution < 1.29 is 4.52 Å². The highest BCUT2D eigenvalue weighted by molar-refractivity contribution is 5.58. The number of rotatable bonds is 6. The van der Waals surface area contributed by atoms with E-state index in [9.17, 15) is 0 Å². The van der Waals surface area contributed by atoms with Gasteiger partial charge in [-0.1, -0.05) is 25.9 Å². The highest BCUT2D eigenvalue weighted by Gasteiger charge is 2.20. The van der Waals surface area contributed by atoms with Crippen molar-refractivity contribution in [3.05, 3.63) is 29.9 Å². The molecule has 0 saturated carbocycles. The molecule has 0 aliphatic carbocycles. The molecule has 108 valence electrons. The number of nitrogens with zero attached hydrogens (tertiary/aromatic N) is 3. The molecular weight excluding hydrogens is 252 g/mol. The van der Waals surface area contributed by atoms with Gasteiger partial charge < -0.3 is 10.3 Å². The molecule has 20 heavy (non-hydrogen) atoms. The number of hydrogen-bond donors (Lipinski definition) is 1. The molecule has 2 rings (SSSR count). The van der Waals surface area contributed by atoms with E-state index in [0.29, 0.717) is 24.2 Å². The Labute approximate surface area is 119 Å². The van der Waals surface area contributed by atoms with Gasteiger partial charge in [0.05, 0.1) is 5.92 Å². The van der Waals surface area contributed by atoms with Crippen LogP contribution in [0.1, 0.15) is 44.6 Å². The number of nitrogens with two attached hydrogens (primary N) is 1. The Balaban J connectivity index is 2.28. The van der Waals surface area contributed by atoms with E-state index in [1.165, 1.54) is 0 Å². The van der Waals surface area contributed by atoms with Gasteiger partial charge in [-0.05, 0) is 30.4 Å². The lowest BCUT2D eigenvalue weighted by Crippen LogP contribution is -2.15. The third-order valence-electron chi connectivity index (χ3n) is 3.36. The van der Waals surface area contributed by atoms with E-state index in [1.54, 1.807) is 6.20 Å². The normalized spacial score (nSPS) is 12.8. The second-order valence-corrected chi connectivity index (χ2v) is 5.40. The SMILES string of the molecule is CCc1cnccc1-c1noc(C(CN)CC(C)C)n1. The zero-order valence-corrected chi connectivity index (χ0v) is 12.3. The summed E-state index contributed by atoms with van der Waals surface area (Å²) in [6.07, 6.45) is 5.44. The minimum absolute atomic E-state index is 0.128. The molecule has 2 aromatic heterocycles. The molecule has 1 unspecified atom stereocenters. The zero-order valence-electron chi connectivity index (χ0n) is 12.3. The summed E-state index contributed by atoms with van der Waals surface area (Å²) in [4.78, 5) is 8.66. The Morgan fingerprint density at radius 2 is 2.15 bits per heavy atom. The van der Waals surface area contributed by atoms with Crippen molar-refractivity contribution in [1.29, 1.82) is 0 Å². The minimum Gasteiger partial charge on any atom is -0.339 e. The first kappa shape index (κ1) is 14.7. The monoisotopic (exact) mass is 274 g/mol. The van der Waals surface area contributed by atoms with E-state index in [4.69, 9.17) is 10.3 Å². The van der Waals surface area contributed by atoms with Crippen LogP contribution in [0.2, 0.25) is 0 Å². The second-order valence-electron chi connectivity index (χ2n) is 5.40. The smallest absolute Gasteiger partial charge is 0.231 e. The van der Waals surface area contributed by atoms with Crippen LogP contribution in [-0.4, -0.2) is 21.7 Å². The van der Waals surface area contributed by atoms with E-state index in [0.717, 1.165) is 24.0 Å². The zero-order chi connectivity index (χ0) is 14.5. The Hall–Kier alpha value is -1.75. The summed E-state index contributed by atoms with van der Waals surface area (Å²) in [5.74, 6) is 1.94. The molecule has 0 spiro atoms. The number of hydrogen-bond acceptors (Lipinski definition) is 5. The minimum atomic E-state index is 0.128. The van der Waals surface area contributed by atoms with Crippen molar-refractivity contribution in [2.75, 3.05) is 6.54 Å². The molecule has 0 aliphatic rings. The predicted octanol–water partition coefficient (Wildman–Crippen LogP) is 2.78. The van der Waals surface area contributed by atoms with Crippen molar-refractivity contribution in [3.8, 4) is 11.4 Å². The van der Waals surface area contributed by atoms with Crippen LogP contribution in [0.25, 0.3) is 11.4 Å². The van der Waals surface area contributed by atoms with Crippen LogP contribution in [0.5, 0.6) is 0 Å². The van der Waals surface area contributed by atoms with Crippen molar-refractivity contribution in [1.82, 2.24) is 15.1 Å². The topological polar surface area (TPSA) is 77.8 Å². The highest BCUT2D eigenvalue weighted by atomic mass is 16.5. The molecule has 5 nitrogen and oxygen atoms in total. The van der Waals surface area contributed by atoms with Gasteiger partial charge in [0, 0.05) is 24.5 Å². The van der Waals surface area contributed by atoms with Crippen LogP contribution in [0.4, 0.5) is 0 Å². The standard InChI is InChI=1S/C15H22N4O/c1-4-11-9-17-6-5-13(11)14-18-15(20-19-14)12(8-16)7-10(2)3/h5-6,9-10,12H,4,7-8,16H2,1-3H3. The van der Waals surface area contributed by atoms with Gasteiger partial charge in [0.1, 0.15) is 0 Å². The number of aromatic nitrogens is 3. The first-order valence-electron chi connectivity index (χ1n) is 7.12. The molecule has 0 amide bonds. The quantitative estimate of drug-likeness (QED) is 0.876. The number of aryl methyl sites for hydroxylation is 1. The molecule has 1 atom stereocenters. The van der Waals surface area contributed by atoms with Gasteiger partial charge in [0.25, 0.3) is 0 Å². The van der Waals surface area contributed by atoms with Crippen LogP contribution in [0.3, 0.4) is 0 Å². The van der Waals surface area contributed by atoms with Crippen LogP contribution >= 0.6 is 0 Å². The maximum atomic E-state index is 5.82. The van der Waals surface area contributed by atoms with Crippen molar-refractivity contribution in [2.24, 2.45) is 11.7 Å². The first-order chi connectivity index (χ1) is 9.65. The van der Waals surface area contributed by atoms with Gasteiger partial charge in [-0.2, -0.15) is 4.98 Å². The molecule has 0 fully saturated rings.